The molecule has 0 spiro atoms. The van der Waals surface area contributed by atoms with E-state index in [0.717, 1.165) is 34.1 Å². The first-order valence-electron chi connectivity index (χ1n) is 13.3. The van der Waals surface area contributed by atoms with E-state index in [2.05, 4.69) is 0 Å². The molecule has 1 aliphatic heterocycles. The Kier molecular flexibility index (Phi) is 8.21. The number of pyridine rings is 1. The molecule has 8 heteroatoms. The van der Waals surface area contributed by atoms with Gasteiger partial charge in [-0.2, -0.15) is 0 Å². The summed E-state index contributed by atoms with van der Waals surface area (Å²) in [5, 5.41) is 0.862. The van der Waals surface area contributed by atoms with Crippen LogP contribution >= 0.6 is 11.6 Å². The number of halogens is 2. The Balaban J connectivity index is 1.53. The van der Waals surface area contributed by atoms with Crippen LogP contribution in [0, 0.1) is 5.82 Å². The van der Waals surface area contributed by atoms with E-state index in [1.807, 2.05) is 72.8 Å². The van der Waals surface area contributed by atoms with Gasteiger partial charge in [-0.05, 0) is 0 Å². The van der Waals surface area contributed by atoms with Gasteiger partial charge in [-0.3, -0.25) is 0 Å². The molecule has 6 rings (SSSR count). The number of hydrogen-bond donors (Lipinski definition) is 0. The van der Waals surface area contributed by atoms with Crippen LogP contribution in [0.25, 0.3) is 10.9 Å². The molecule has 1 amide bonds. The van der Waals surface area contributed by atoms with Crippen LogP contribution in [0.2, 0.25) is 5.02 Å². The number of ether oxygens (including phenoxy) is 1. The molecule has 0 bridgehead atoms. The van der Waals surface area contributed by atoms with E-state index in [-0.39, 0.29) is 43.7 Å². The summed E-state index contributed by atoms with van der Waals surface area (Å²) < 4.78 is 26.9. The van der Waals surface area contributed by atoms with Crippen molar-refractivity contribution in [3.05, 3.63) is 136 Å². The summed E-state index contributed by atoms with van der Waals surface area (Å²) in [6.45, 7) is 0.812. The van der Waals surface area contributed by atoms with E-state index in [0.29, 0.717) is 35.5 Å². The molecule has 0 saturated carbocycles. The van der Waals surface area contributed by atoms with Crippen LogP contribution in [0.5, 0.6) is 11.5 Å². The van der Waals surface area contributed by atoms with E-state index in [1.54, 1.807) is 23.2 Å². The average Bonchev–Trinajstić information content (AvgIpc) is 3.16. The van der Waals surface area contributed by atoms with Crippen molar-refractivity contribution in [1.82, 2.24) is 9.88 Å². The molecule has 5 nitrogen and oxygen atoms in total. The number of carbonyl (C=O) groups is 1. The van der Waals surface area contributed by atoms with Crippen molar-refractivity contribution in [2.24, 2.45) is 0 Å². The van der Waals surface area contributed by atoms with Crippen molar-refractivity contribution in [1.29, 1.82) is 0 Å². The molecule has 202 valence electrons. The van der Waals surface area contributed by atoms with Gasteiger partial charge in [-0.15, -0.1) is 0 Å². The van der Waals surface area contributed by atoms with Gasteiger partial charge in [0.2, 0.25) is 0 Å². The number of hydrogen-bond acceptors (Lipinski definition) is 4. The molecule has 1 aromatic heterocycles. The second kappa shape index (κ2) is 12.2. The fourth-order valence-corrected chi connectivity index (χ4v) is 6.68. The van der Waals surface area contributed by atoms with Gasteiger partial charge < -0.3 is 0 Å². The molecule has 0 saturated heterocycles. The van der Waals surface area contributed by atoms with Gasteiger partial charge in [-0.1, -0.05) is 0 Å². The van der Waals surface area contributed by atoms with Crippen LogP contribution in [-0.4, -0.2) is 48.6 Å². The number of rotatable bonds is 7. The Bertz CT molecular complexity index is 1680. The third-order valence-corrected chi connectivity index (χ3v) is 8.55. The maximum atomic E-state index is 14.4. The van der Waals surface area contributed by atoms with Gasteiger partial charge in [0.05, 0.1) is 0 Å². The fraction of sp³-hybridized carbons (Fsp3) is 0.152. The number of benzene rings is 4. The van der Waals surface area contributed by atoms with E-state index < -0.39 is 11.9 Å². The normalized spacial score (nSPS) is 13.2. The maximum absolute atomic E-state index is 14.4. The predicted octanol–water partition coefficient (Wildman–Crippen LogP) is 7.25. The number of fused-ring (bicyclic) bond motifs is 2. The molecular weight excluding hydrogens is 731 g/mol. The third-order valence-electron chi connectivity index (χ3n) is 7.34. The summed E-state index contributed by atoms with van der Waals surface area (Å²) in [5.74, 6) is 0.479. The first-order valence-corrected chi connectivity index (χ1v) is 15.6. The van der Waals surface area contributed by atoms with Crippen molar-refractivity contribution < 1.29 is 16.6 Å². The Hall–Kier alpha value is -3.50. The topological polar surface area (TPSA) is 51.7 Å². The van der Waals surface area contributed by atoms with Crippen molar-refractivity contribution in [2.45, 2.75) is 25.5 Å². The second-order valence-electron chi connectivity index (χ2n) is 9.93. The van der Waals surface area contributed by atoms with Crippen LogP contribution in [0.15, 0.2) is 97.2 Å². The van der Waals surface area contributed by atoms with E-state index in [1.165, 1.54) is 6.07 Å². The van der Waals surface area contributed by atoms with Crippen LogP contribution in [0.4, 0.5) is 4.39 Å². The molecule has 0 radical (unpaired) electrons. The standard InChI is InChI=1S/C33H26ClFN2O3.Tl/c34-26-19-21(15-16-27(26)35)20-37-18-8-14-24-28(33(37)39)32(29-25(30(24)38)13-7-17-36-29)40-31(22-9-3-1-4-10-22)23-11-5-2-6-12-23;/h1-7,9-13,15-17,19,31,38H,8,14,18,20H2;/q;+1/p-1. The zero-order chi connectivity index (χ0) is 28.3. The second-order valence-corrected chi connectivity index (χ2v) is 11.3. The Morgan fingerprint density at radius 3 is 2.32 bits per heavy atom. The number of carbonyl (C=O) groups excluding carboxylic acids is 1. The molecule has 0 unspecified atom stereocenters. The molecule has 0 aliphatic carbocycles. The third kappa shape index (κ3) is 5.55. The molecule has 0 atom stereocenters. The molecular formula is C33H25ClFN2O3Tl. The monoisotopic (exact) mass is 756 g/mol. The Morgan fingerprint density at radius 2 is 1.66 bits per heavy atom. The number of aromatic nitrogens is 1. The SMILES string of the molecule is O=C1c2c(c([O][Tl])c3cccnc3c2OC(c2ccccc2)c2ccccc2)CCCN1Cc1ccc(F)c(Cl)c1. The summed E-state index contributed by atoms with van der Waals surface area (Å²) in [6, 6.07) is 28.4. The first kappa shape index (κ1) is 27.7. The van der Waals surface area contributed by atoms with Crippen LogP contribution in [0.1, 0.15) is 45.1 Å². The van der Waals surface area contributed by atoms with Crippen molar-refractivity contribution >= 4 is 54.6 Å². The number of amides is 1. The summed E-state index contributed by atoms with van der Waals surface area (Å²) in [5.41, 5.74) is 4.56. The zero-order valence-electron chi connectivity index (χ0n) is 22.1. The summed E-state index contributed by atoms with van der Waals surface area (Å²) >= 11 is 6.29. The summed E-state index contributed by atoms with van der Waals surface area (Å²) in [4.78, 5) is 20.9. The van der Waals surface area contributed by atoms with Gasteiger partial charge in [0.25, 0.3) is 0 Å². The summed E-state index contributed by atoms with van der Waals surface area (Å²) in [7, 11) is 0. The van der Waals surface area contributed by atoms with Gasteiger partial charge in [0, 0.05) is 0 Å². The van der Waals surface area contributed by atoms with Gasteiger partial charge >= 0.3 is 261 Å². The van der Waals surface area contributed by atoms with Crippen LogP contribution in [-0.2, 0) is 13.0 Å². The van der Waals surface area contributed by atoms with Gasteiger partial charge in [0.15, 0.2) is 0 Å². The average molecular weight is 756 g/mol. The predicted molar refractivity (Wildman–Crippen MR) is 158 cm³/mol. The van der Waals surface area contributed by atoms with Crippen molar-refractivity contribution in [3.63, 3.8) is 0 Å². The number of nitrogens with zero attached hydrogens (tertiary/aromatic N) is 2. The Morgan fingerprint density at radius 1 is 0.951 bits per heavy atom. The quantitative estimate of drug-likeness (QED) is 0.165. The molecule has 41 heavy (non-hydrogen) atoms. The molecule has 5 aromatic rings. The minimum absolute atomic E-state index is 0.0329. The Labute approximate surface area is 259 Å². The fourth-order valence-electron chi connectivity index (χ4n) is 5.43. The molecule has 4 aromatic carbocycles. The van der Waals surface area contributed by atoms with Crippen molar-refractivity contribution in [2.75, 3.05) is 6.54 Å². The van der Waals surface area contributed by atoms with Crippen molar-refractivity contribution in [3.8, 4) is 11.5 Å². The summed E-state index contributed by atoms with van der Waals surface area (Å²) in [6.07, 6.45) is 2.62. The zero-order valence-corrected chi connectivity index (χ0v) is 27.3. The van der Waals surface area contributed by atoms with Gasteiger partial charge in [0.1, 0.15) is 0 Å². The van der Waals surface area contributed by atoms with E-state index in [4.69, 9.17) is 24.0 Å². The van der Waals surface area contributed by atoms with Crippen LogP contribution in [0.3, 0.4) is 0 Å². The molecule has 2 heterocycles. The molecule has 0 N–H and O–H groups in total. The first-order chi connectivity index (χ1) is 20.0. The van der Waals surface area contributed by atoms with E-state index >= 15 is 0 Å². The van der Waals surface area contributed by atoms with Gasteiger partial charge in [-0.25, -0.2) is 0 Å². The minimum atomic E-state index is -0.487. The van der Waals surface area contributed by atoms with E-state index in [9.17, 15) is 9.18 Å². The molecule has 1 aliphatic rings. The van der Waals surface area contributed by atoms with Crippen LogP contribution < -0.4 is 7.42 Å². The molecule has 0 fully saturated rings.